The van der Waals surface area contributed by atoms with E-state index in [2.05, 4.69) is 5.32 Å². The van der Waals surface area contributed by atoms with Gasteiger partial charge in [0.2, 0.25) is 11.8 Å². The molecule has 0 bridgehead atoms. The number of rotatable bonds is 6. The molecule has 3 N–H and O–H groups in total. The predicted molar refractivity (Wildman–Crippen MR) is 75.2 cm³/mol. The van der Waals surface area contributed by atoms with Crippen molar-refractivity contribution in [3.8, 4) is 6.07 Å². The summed E-state index contributed by atoms with van der Waals surface area (Å²) in [5.74, 6) is -2.01. The lowest BCUT2D eigenvalue weighted by atomic mass is 9.98. The van der Waals surface area contributed by atoms with Gasteiger partial charge in [-0.05, 0) is 17.9 Å². The first-order valence-corrected chi connectivity index (χ1v) is 6.49. The van der Waals surface area contributed by atoms with Crippen LogP contribution in [0.3, 0.4) is 0 Å². The van der Waals surface area contributed by atoms with E-state index >= 15 is 0 Å². The molecule has 5 nitrogen and oxygen atoms in total. The second kappa shape index (κ2) is 7.29. The number of carbonyl (C=O) groups excluding carboxylic acids is 2. The number of primary amides is 1. The Morgan fingerprint density at radius 1 is 1.30 bits per heavy atom. The zero-order valence-electron chi connectivity index (χ0n) is 11.7. The summed E-state index contributed by atoms with van der Waals surface area (Å²) in [6.45, 7) is 3.57. The van der Waals surface area contributed by atoms with Crippen molar-refractivity contribution in [2.45, 2.75) is 26.3 Å². The van der Waals surface area contributed by atoms with Crippen LogP contribution in [0.5, 0.6) is 0 Å². The fraction of sp³-hybridized carbons (Fsp3) is 0.400. The van der Waals surface area contributed by atoms with Gasteiger partial charge < -0.3 is 11.1 Å². The Kier molecular flexibility index (Phi) is 5.73. The summed E-state index contributed by atoms with van der Waals surface area (Å²) in [6, 6.07) is 10.5. The van der Waals surface area contributed by atoms with Crippen molar-refractivity contribution in [2.24, 2.45) is 17.6 Å². The van der Waals surface area contributed by atoms with Crippen LogP contribution in [0.15, 0.2) is 30.3 Å². The average molecular weight is 273 g/mol. The molecule has 2 amide bonds. The van der Waals surface area contributed by atoms with E-state index in [0.29, 0.717) is 6.42 Å². The van der Waals surface area contributed by atoms with Crippen LogP contribution in [-0.2, 0) is 16.0 Å². The standard InChI is InChI=1S/C15H19N3O2/c1-10(2)13(14(17)19)18-15(20)12(9-16)8-11-6-4-3-5-7-11/h3-7,10,12-13H,8H2,1-2H3,(H2,17,19)(H,18,20). The minimum Gasteiger partial charge on any atom is -0.368 e. The number of nitrogens with two attached hydrogens (primary N) is 1. The van der Waals surface area contributed by atoms with Crippen molar-refractivity contribution in [3.05, 3.63) is 35.9 Å². The largest absolute Gasteiger partial charge is 0.368 e. The molecule has 0 heterocycles. The van der Waals surface area contributed by atoms with Crippen LogP contribution in [-0.4, -0.2) is 17.9 Å². The van der Waals surface area contributed by atoms with Crippen molar-refractivity contribution < 1.29 is 9.59 Å². The highest BCUT2D eigenvalue weighted by molar-refractivity contribution is 5.88. The second-order valence-corrected chi connectivity index (χ2v) is 5.00. The molecule has 106 valence electrons. The van der Waals surface area contributed by atoms with Crippen molar-refractivity contribution in [1.82, 2.24) is 5.32 Å². The molecular weight excluding hydrogens is 254 g/mol. The van der Waals surface area contributed by atoms with E-state index in [4.69, 9.17) is 11.0 Å². The predicted octanol–water partition coefficient (Wildman–Crippen LogP) is 0.995. The Morgan fingerprint density at radius 3 is 2.35 bits per heavy atom. The van der Waals surface area contributed by atoms with Gasteiger partial charge in [0, 0.05) is 0 Å². The lowest BCUT2D eigenvalue weighted by molar-refractivity contribution is -0.129. The first-order chi connectivity index (χ1) is 9.45. The number of carbonyl (C=O) groups is 2. The van der Waals surface area contributed by atoms with Gasteiger partial charge >= 0.3 is 0 Å². The summed E-state index contributed by atoms with van der Waals surface area (Å²) < 4.78 is 0. The van der Waals surface area contributed by atoms with Gasteiger partial charge in [0.05, 0.1) is 6.07 Å². The van der Waals surface area contributed by atoms with Crippen LogP contribution in [0, 0.1) is 23.2 Å². The van der Waals surface area contributed by atoms with Crippen molar-refractivity contribution in [2.75, 3.05) is 0 Å². The molecule has 1 aromatic rings. The van der Waals surface area contributed by atoms with Crippen LogP contribution in [0.2, 0.25) is 0 Å². The van der Waals surface area contributed by atoms with Gasteiger partial charge in [0.25, 0.3) is 0 Å². The number of nitriles is 1. The fourth-order valence-electron chi connectivity index (χ4n) is 1.87. The molecule has 0 saturated heterocycles. The maximum Gasteiger partial charge on any atom is 0.240 e. The monoisotopic (exact) mass is 273 g/mol. The maximum absolute atomic E-state index is 12.1. The molecule has 0 spiro atoms. The summed E-state index contributed by atoms with van der Waals surface area (Å²) in [5, 5.41) is 11.7. The van der Waals surface area contributed by atoms with Gasteiger partial charge in [-0.2, -0.15) is 5.26 Å². The molecule has 0 aliphatic carbocycles. The molecular formula is C15H19N3O2. The zero-order chi connectivity index (χ0) is 15.1. The molecule has 1 aromatic carbocycles. The minimum absolute atomic E-state index is 0.118. The molecule has 0 aliphatic heterocycles. The van der Waals surface area contributed by atoms with E-state index in [1.165, 1.54) is 0 Å². The third-order valence-electron chi connectivity index (χ3n) is 3.03. The molecule has 0 radical (unpaired) electrons. The summed E-state index contributed by atoms with van der Waals surface area (Å²) in [6.07, 6.45) is 0.312. The Labute approximate surface area is 118 Å². The van der Waals surface area contributed by atoms with Crippen molar-refractivity contribution in [3.63, 3.8) is 0 Å². The molecule has 2 atom stereocenters. The lowest BCUT2D eigenvalue weighted by Crippen LogP contribution is -2.49. The van der Waals surface area contributed by atoms with Gasteiger partial charge in [-0.3, -0.25) is 9.59 Å². The highest BCUT2D eigenvalue weighted by atomic mass is 16.2. The Morgan fingerprint density at radius 2 is 1.90 bits per heavy atom. The summed E-state index contributed by atoms with van der Waals surface area (Å²) in [4.78, 5) is 23.3. The van der Waals surface area contributed by atoms with Gasteiger partial charge in [-0.15, -0.1) is 0 Å². The number of hydrogen-bond donors (Lipinski definition) is 2. The van der Waals surface area contributed by atoms with E-state index in [1.807, 2.05) is 36.4 Å². The van der Waals surface area contributed by atoms with E-state index in [0.717, 1.165) is 5.56 Å². The van der Waals surface area contributed by atoms with Crippen LogP contribution in [0.25, 0.3) is 0 Å². The maximum atomic E-state index is 12.1. The number of nitrogens with one attached hydrogen (secondary N) is 1. The van der Waals surface area contributed by atoms with Crippen LogP contribution < -0.4 is 11.1 Å². The third kappa shape index (κ3) is 4.39. The van der Waals surface area contributed by atoms with E-state index in [1.54, 1.807) is 13.8 Å². The Balaban J connectivity index is 2.73. The summed E-state index contributed by atoms with van der Waals surface area (Å²) in [7, 11) is 0. The van der Waals surface area contributed by atoms with E-state index in [9.17, 15) is 9.59 Å². The first kappa shape index (κ1) is 15.7. The van der Waals surface area contributed by atoms with Gasteiger partial charge in [-0.25, -0.2) is 0 Å². The summed E-state index contributed by atoms with van der Waals surface area (Å²) >= 11 is 0. The van der Waals surface area contributed by atoms with Crippen LogP contribution >= 0.6 is 0 Å². The van der Waals surface area contributed by atoms with Crippen molar-refractivity contribution >= 4 is 11.8 Å². The zero-order valence-corrected chi connectivity index (χ0v) is 11.7. The van der Waals surface area contributed by atoms with Crippen LogP contribution in [0.4, 0.5) is 0 Å². The van der Waals surface area contributed by atoms with Crippen molar-refractivity contribution in [1.29, 1.82) is 5.26 Å². The van der Waals surface area contributed by atoms with E-state index < -0.39 is 23.8 Å². The molecule has 0 fully saturated rings. The lowest BCUT2D eigenvalue weighted by Gasteiger charge is -2.20. The minimum atomic E-state index is -0.835. The third-order valence-corrected chi connectivity index (χ3v) is 3.03. The highest BCUT2D eigenvalue weighted by Gasteiger charge is 2.26. The molecule has 0 aliphatic rings. The highest BCUT2D eigenvalue weighted by Crippen LogP contribution is 2.10. The van der Waals surface area contributed by atoms with E-state index in [-0.39, 0.29) is 5.92 Å². The number of amides is 2. The van der Waals surface area contributed by atoms with Gasteiger partial charge in [-0.1, -0.05) is 44.2 Å². The molecule has 5 heteroatoms. The number of nitrogens with zero attached hydrogens (tertiary/aromatic N) is 1. The summed E-state index contributed by atoms with van der Waals surface area (Å²) in [5.41, 5.74) is 6.14. The van der Waals surface area contributed by atoms with Gasteiger partial charge in [0.1, 0.15) is 12.0 Å². The molecule has 1 rings (SSSR count). The van der Waals surface area contributed by atoms with Gasteiger partial charge in [0.15, 0.2) is 0 Å². The molecule has 2 unspecified atom stereocenters. The Bertz CT molecular complexity index is 506. The normalized spacial score (nSPS) is 13.3. The number of hydrogen-bond acceptors (Lipinski definition) is 3. The topological polar surface area (TPSA) is 96.0 Å². The average Bonchev–Trinajstić information content (AvgIpc) is 2.42. The fourth-order valence-corrected chi connectivity index (χ4v) is 1.87. The molecule has 0 saturated carbocycles. The van der Waals surface area contributed by atoms with Crippen LogP contribution in [0.1, 0.15) is 19.4 Å². The first-order valence-electron chi connectivity index (χ1n) is 6.49. The smallest absolute Gasteiger partial charge is 0.240 e. The SMILES string of the molecule is CC(C)C(NC(=O)C(C#N)Cc1ccccc1)C(N)=O. The quantitative estimate of drug-likeness (QED) is 0.809. The molecule has 20 heavy (non-hydrogen) atoms. The Hall–Kier alpha value is -2.35. The molecule has 0 aromatic heterocycles. The second-order valence-electron chi connectivity index (χ2n) is 5.00. The number of benzene rings is 1.